The number of piperazine rings is 1. The molecule has 3 aromatic rings. The molecule has 0 saturated carbocycles. The van der Waals surface area contributed by atoms with E-state index in [1.54, 1.807) is 24.4 Å². The number of aryl methyl sites for hydroxylation is 1. The average Bonchev–Trinajstić information content (AvgIpc) is 3.13. The summed E-state index contributed by atoms with van der Waals surface area (Å²) in [5.41, 5.74) is 2.10. The van der Waals surface area contributed by atoms with Gasteiger partial charge in [-0.15, -0.1) is 0 Å². The van der Waals surface area contributed by atoms with Crippen molar-refractivity contribution in [3.8, 4) is 0 Å². The van der Waals surface area contributed by atoms with E-state index < -0.39 is 18.4 Å². The second kappa shape index (κ2) is 9.94. The highest BCUT2D eigenvalue weighted by Crippen LogP contribution is 2.33. The first kappa shape index (κ1) is 24.9. The third-order valence-electron chi connectivity index (χ3n) is 6.19. The fraction of sp³-hybridized carbons (Fsp3) is 0.240. The normalized spacial score (nSPS) is 17.4. The zero-order valence-electron chi connectivity index (χ0n) is 19.7. The summed E-state index contributed by atoms with van der Waals surface area (Å²) in [5, 5.41) is 11.1. The van der Waals surface area contributed by atoms with Crippen LogP contribution in [0.1, 0.15) is 11.1 Å². The predicted octanol–water partition coefficient (Wildman–Crippen LogP) is 1.42. The quantitative estimate of drug-likeness (QED) is 0.353. The first-order valence-electron chi connectivity index (χ1n) is 11.4. The number of hydrogen-bond donors (Lipinski definition) is 0. The van der Waals surface area contributed by atoms with Crippen LogP contribution < -0.4 is 20.5 Å². The number of carboxylic acids is 1. The van der Waals surface area contributed by atoms with Crippen LogP contribution in [0.5, 0.6) is 0 Å². The van der Waals surface area contributed by atoms with Crippen molar-refractivity contribution in [3.63, 3.8) is 0 Å². The number of carbonyl (C=O) groups excluding carboxylic acids is 2. The van der Waals surface area contributed by atoms with Crippen molar-refractivity contribution < 1.29 is 19.1 Å². The zero-order valence-corrected chi connectivity index (χ0v) is 21.4. The van der Waals surface area contributed by atoms with Gasteiger partial charge in [-0.3, -0.25) is 18.9 Å². The van der Waals surface area contributed by atoms with Crippen molar-refractivity contribution in [1.82, 2.24) is 14.3 Å². The number of hydrogen-bond acceptors (Lipinski definition) is 9. The van der Waals surface area contributed by atoms with Gasteiger partial charge in [0.2, 0.25) is 0 Å². The van der Waals surface area contributed by atoms with E-state index >= 15 is 0 Å². The van der Waals surface area contributed by atoms with Gasteiger partial charge in [0.1, 0.15) is 21.6 Å². The van der Waals surface area contributed by atoms with Crippen molar-refractivity contribution in [2.45, 2.75) is 6.92 Å². The largest absolute Gasteiger partial charge is 0.548 e. The Morgan fingerprint density at radius 3 is 2.46 bits per heavy atom. The van der Waals surface area contributed by atoms with Gasteiger partial charge in [0.15, 0.2) is 0 Å². The monoisotopic (exact) mass is 538 g/mol. The summed E-state index contributed by atoms with van der Waals surface area (Å²) in [6.45, 7) is 3.52. The maximum Gasteiger partial charge on any atom is 0.267 e. The van der Waals surface area contributed by atoms with Gasteiger partial charge in [-0.05, 0) is 48.9 Å². The number of thiocarbonyl (C=S) groups is 1. The molecule has 0 aliphatic carbocycles. The van der Waals surface area contributed by atoms with Gasteiger partial charge in [-0.1, -0.05) is 30.0 Å². The highest BCUT2D eigenvalue weighted by Gasteiger charge is 2.33. The maximum absolute atomic E-state index is 13.6. The molecule has 2 aliphatic heterocycles. The van der Waals surface area contributed by atoms with Gasteiger partial charge < -0.3 is 19.7 Å². The lowest BCUT2D eigenvalue weighted by atomic mass is 10.2. The minimum Gasteiger partial charge on any atom is -0.548 e. The summed E-state index contributed by atoms with van der Waals surface area (Å²) in [6.07, 6.45) is 3.12. The van der Waals surface area contributed by atoms with Crippen LogP contribution in [0, 0.1) is 12.7 Å². The molecule has 2 aliphatic rings. The Balaban J connectivity index is 1.52. The molecule has 5 rings (SSSR count). The Kier molecular flexibility index (Phi) is 6.69. The summed E-state index contributed by atoms with van der Waals surface area (Å²) in [7, 11) is 0. The van der Waals surface area contributed by atoms with Crippen LogP contribution in [0.15, 0.2) is 52.3 Å². The molecular formula is C25H21FN5O4S2-. The number of aliphatic carboxylic acids is 1. The Labute approximate surface area is 220 Å². The van der Waals surface area contributed by atoms with Gasteiger partial charge in [-0.25, -0.2) is 9.37 Å². The highest BCUT2D eigenvalue weighted by molar-refractivity contribution is 8.26. The first-order chi connectivity index (χ1) is 17.7. The van der Waals surface area contributed by atoms with E-state index in [-0.39, 0.29) is 26.2 Å². The van der Waals surface area contributed by atoms with E-state index in [1.165, 1.54) is 22.6 Å². The SMILES string of the molecule is Cc1ccc2nc(N3CCN(c4ccc(F)cc4)CC3)c(C=C3SC(=S)N(CC(=O)[O-])C3=O)c(=O)n2c1. The fourth-order valence-electron chi connectivity index (χ4n) is 4.34. The maximum atomic E-state index is 13.6. The molecule has 1 aromatic carbocycles. The van der Waals surface area contributed by atoms with Gasteiger partial charge in [-0.2, -0.15) is 0 Å². The number of aromatic nitrogens is 2. The van der Waals surface area contributed by atoms with Crippen LogP contribution in [-0.2, 0) is 9.59 Å². The third-order valence-corrected chi connectivity index (χ3v) is 7.57. The summed E-state index contributed by atoms with van der Waals surface area (Å²) in [4.78, 5) is 47.5. The third kappa shape index (κ3) is 4.94. The number of carbonyl (C=O) groups is 2. The van der Waals surface area contributed by atoms with E-state index in [9.17, 15) is 23.9 Å². The first-order valence-corrected chi connectivity index (χ1v) is 12.7. The van der Waals surface area contributed by atoms with Crippen LogP contribution in [0.2, 0.25) is 0 Å². The van der Waals surface area contributed by atoms with Crippen molar-refractivity contribution in [2.75, 3.05) is 42.5 Å². The molecule has 0 spiro atoms. The molecule has 2 saturated heterocycles. The van der Waals surface area contributed by atoms with Crippen LogP contribution >= 0.6 is 24.0 Å². The summed E-state index contributed by atoms with van der Waals surface area (Å²) in [6, 6.07) is 9.93. The number of carboxylic acid groups (broad SMARTS) is 1. The number of amides is 1. The lowest BCUT2D eigenvalue weighted by Gasteiger charge is -2.37. The summed E-state index contributed by atoms with van der Waals surface area (Å²) < 4.78 is 14.9. The molecule has 0 unspecified atom stereocenters. The molecular weight excluding hydrogens is 517 g/mol. The van der Waals surface area contributed by atoms with Crippen LogP contribution in [-0.4, -0.2) is 63.2 Å². The molecule has 2 fully saturated rings. The number of nitrogens with zero attached hydrogens (tertiary/aromatic N) is 5. The number of pyridine rings is 1. The van der Waals surface area contributed by atoms with E-state index in [2.05, 4.69) is 4.90 Å². The van der Waals surface area contributed by atoms with Gasteiger partial charge in [0, 0.05) is 38.1 Å². The summed E-state index contributed by atoms with van der Waals surface area (Å²) in [5.74, 6) is -1.90. The molecule has 4 heterocycles. The Hall–Kier alpha value is -3.77. The number of benzene rings is 1. The number of halogens is 1. The number of rotatable bonds is 5. The fourth-order valence-corrected chi connectivity index (χ4v) is 5.58. The van der Waals surface area contributed by atoms with E-state index in [4.69, 9.17) is 17.2 Å². The topological polar surface area (TPSA) is 101 Å². The van der Waals surface area contributed by atoms with Crippen LogP contribution in [0.25, 0.3) is 11.7 Å². The summed E-state index contributed by atoms with van der Waals surface area (Å²) >= 11 is 6.11. The van der Waals surface area contributed by atoms with Crippen LogP contribution in [0.3, 0.4) is 0 Å². The second-order valence-corrected chi connectivity index (χ2v) is 10.4. The lowest BCUT2D eigenvalue weighted by Crippen LogP contribution is -2.47. The smallest absolute Gasteiger partial charge is 0.267 e. The van der Waals surface area contributed by atoms with Crippen LogP contribution in [0.4, 0.5) is 15.9 Å². The van der Waals surface area contributed by atoms with Crippen molar-refractivity contribution >= 4 is 63.4 Å². The zero-order chi connectivity index (χ0) is 26.3. The van der Waals surface area contributed by atoms with Crippen molar-refractivity contribution in [1.29, 1.82) is 0 Å². The molecule has 0 bridgehead atoms. The molecule has 0 N–H and O–H groups in total. The number of anilines is 2. The minimum atomic E-state index is -1.43. The Bertz CT molecular complexity index is 1510. The highest BCUT2D eigenvalue weighted by atomic mass is 32.2. The van der Waals surface area contributed by atoms with Crippen molar-refractivity contribution in [2.24, 2.45) is 0 Å². The molecule has 37 heavy (non-hydrogen) atoms. The molecule has 1 amide bonds. The second-order valence-electron chi connectivity index (χ2n) is 8.68. The number of thioether (sulfide) groups is 1. The standard InChI is InChI=1S/C25H22FN5O4S2/c1-15-2-7-20-27-22(29-10-8-28(9-11-29)17-5-3-16(26)4-6-17)18(23(34)30(20)13-15)12-19-24(35)31(14-21(32)33)25(36)37-19/h2-7,12-13H,8-11,14H2,1H3,(H,32,33)/p-1. The van der Waals surface area contributed by atoms with Crippen molar-refractivity contribution in [3.05, 3.63) is 74.8 Å². The number of fused-ring (bicyclic) bond motifs is 1. The van der Waals surface area contributed by atoms with Gasteiger partial charge >= 0.3 is 0 Å². The van der Waals surface area contributed by atoms with E-state index in [1.807, 2.05) is 17.9 Å². The van der Waals surface area contributed by atoms with E-state index in [0.29, 0.717) is 37.6 Å². The van der Waals surface area contributed by atoms with E-state index in [0.717, 1.165) is 27.9 Å². The molecule has 0 atom stereocenters. The van der Waals surface area contributed by atoms with Gasteiger partial charge in [0.25, 0.3) is 11.5 Å². The van der Waals surface area contributed by atoms with Gasteiger partial charge in [0.05, 0.1) is 23.0 Å². The molecule has 2 aromatic heterocycles. The average molecular weight is 539 g/mol. The molecule has 0 radical (unpaired) electrons. The Morgan fingerprint density at radius 1 is 1.11 bits per heavy atom. The lowest BCUT2D eigenvalue weighted by molar-refractivity contribution is -0.305. The molecule has 12 heteroatoms. The minimum absolute atomic E-state index is 0.0830. The molecule has 190 valence electrons. The molecule has 9 nitrogen and oxygen atoms in total. The Morgan fingerprint density at radius 2 is 1.78 bits per heavy atom. The predicted molar refractivity (Wildman–Crippen MR) is 142 cm³/mol.